The van der Waals surface area contributed by atoms with Gasteiger partial charge in [-0.25, -0.2) is 0 Å². The second kappa shape index (κ2) is 10.1. The number of carbonyl (C=O) groups excluding carboxylic acids is 2. The van der Waals surface area contributed by atoms with Crippen LogP contribution in [-0.2, 0) is 33.8 Å². The van der Waals surface area contributed by atoms with Crippen molar-refractivity contribution in [3.05, 3.63) is 38.0 Å². The van der Waals surface area contributed by atoms with Gasteiger partial charge in [-0.05, 0) is 48.1 Å². The third kappa shape index (κ3) is 4.95. The zero-order valence-electron chi connectivity index (χ0n) is 18.0. The van der Waals surface area contributed by atoms with Crippen LogP contribution in [0.15, 0.2) is 18.2 Å². The summed E-state index contributed by atoms with van der Waals surface area (Å²) in [7, 11) is 0. The summed E-state index contributed by atoms with van der Waals surface area (Å²) in [5, 5.41) is 5.63. The van der Waals surface area contributed by atoms with Crippen LogP contribution in [0.1, 0.15) is 24.6 Å². The first-order valence-corrected chi connectivity index (χ1v) is 12.2. The molecule has 0 radical (unpaired) electrons. The Morgan fingerprint density at radius 1 is 1.31 bits per heavy atom. The van der Waals surface area contributed by atoms with E-state index in [-0.39, 0.29) is 0 Å². The molecule has 2 aromatic rings. The van der Waals surface area contributed by atoms with Crippen molar-refractivity contribution in [3.63, 3.8) is 0 Å². The predicted molar refractivity (Wildman–Crippen MR) is 130 cm³/mol. The summed E-state index contributed by atoms with van der Waals surface area (Å²) in [6, 6.07) is 6.23. The first-order valence-electron chi connectivity index (χ1n) is 10.8. The average Bonchev–Trinajstić information content (AvgIpc) is 3.14. The maximum Gasteiger partial charge on any atom is 0.311 e. The van der Waals surface area contributed by atoms with Crippen LogP contribution in [0.25, 0.3) is 11.3 Å². The molecule has 0 aliphatic carbocycles. The van der Waals surface area contributed by atoms with Crippen molar-refractivity contribution >= 4 is 46.0 Å². The Bertz CT molecular complexity index is 1030. The first kappa shape index (κ1) is 23.5. The fourth-order valence-corrected chi connectivity index (χ4v) is 5.03. The van der Waals surface area contributed by atoms with Crippen molar-refractivity contribution in [1.82, 2.24) is 19.6 Å². The molecule has 2 amide bonds. The number of aryl methyl sites for hydroxylation is 1. The largest absolute Gasteiger partial charge is 0.379 e. The number of rotatable bonds is 5. The van der Waals surface area contributed by atoms with Gasteiger partial charge in [-0.15, -0.1) is 0 Å². The first-order chi connectivity index (χ1) is 15.3. The topological polar surface area (TPSA) is 93.7 Å². The van der Waals surface area contributed by atoms with Gasteiger partial charge >= 0.3 is 11.8 Å². The molecule has 0 saturated carbocycles. The van der Waals surface area contributed by atoms with Gasteiger partial charge in [0.15, 0.2) is 0 Å². The molecule has 2 aliphatic heterocycles. The summed E-state index contributed by atoms with van der Waals surface area (Å²) < 4.78 is 8.54. The van der Waals surface area contributed by atoms with Gasteiger partial charge in [0.1, 0.15) is 0 Å². The summed E-state index contributed by atoms with van der Waals surface area (Å²) >= 11 is 8.42. The van der Waals surface area contributed by atoms with Crippen LogP contribution >= 0.6 is 34.2 Å². The van der Waals surface area contributed by atoms with Gasteiger partial charge in [-0.2, -0.15) is 5.10 Å². The summed E-state index contributed by atoms with van der Waals surface area (Å²) in [6.45, 7) is 7.27. The Balaban J connectivity index is 1.59. The molecule has 1 aromatic carbocycles. The molecule has 10 heteroatoms. The van der Waals surface area contributed by atoms with Crippen molar-refractivity contribution in [2.75, 3.05) is 32.8 Å². The second-order valence-corrected chi connectivity index (χ2v) is 9.85. The van der Waals surface area contributed by atoms with Gasteiger partial charge < -0.3 is 15.4 Å². The number of aromatic nitrogens is 2. The Kier molecular flexibility index (Phi) is 7.38. The lowest BCUT2D eigenvalue weighted by molar-refractivity contribution is -0.144. The number of morpholine rings is 1. The number of hydrogen-bond donors (Lipinski definition) is 1. The molecular weight excluding hydrogens is 545 g/mol. The molecule has 0 bridgehead atoms. The highest BCUT2D eigenvalue weighted by atomic mass is 127. The van der Waals surface area contributed by atoms with Crippen LogP contribution in [0.2, 0.25) is 5.02 Å². The van der Waals surface area contributed by atoms with Crippen LogP contribution in [0.5, 0.6) is 0 Å². The molecule has 2 N–H and O–H groups in total. The maximum absolute atomic E-state index is 12.2. The quantitative estimate of drug-likeness (QED) is 0.439. The molecule has 8 nitrogen and oxygen atoms in total. The van der Waals surface area contributed by atoms with E-state index in [2.05, 4.69) is 39.1 Å². The minimum atomic E-state index is -0.928. The minimum Gasteiger partial charge on any atom is -0.379 e. The Morgan fingerprint density at radius 3 is 2.84 bits per heavy atom. The van der Waals surface area contributed by atoms with E-state index in [0.717, 1.165) is 65.4 Å². The van der Waals surface area contributed by atoms with E-state index in [4.69, 9.17) is 27.2 Å². The van der Waals surface area contributed by atoms with Crippen molar-refractivity contribution < 1.29 is 14.3 Å². The van der Waals surface area contributed by atoms with Crippen LogP contribution in [0, 0.1) is 3.57 Å². The third-order valence-corrected chi connectivity index (χ3v) is 7.69. The fourth-order valence-electron chi connectivity index (χ4n) is 4.40. The Labute approximate surface area is 206 Å². The van der Waals surface area contributed by atoms with Crippen molar-refractivity contribution in [3.8, 4) is 11.3 Å². The van der Waals surface area contributed by atoms with Gasteiger partial charge in [0, 0.05) is 59.0 Å². The normalized spacial score (nSPS) is 19.1. The van der Waals surface area contributed by atoms with Gasteiger partial charge in [0.05, 0.1) is 30.5 Å². The Morgan fingerprint density at radius 2 is 2.12 bits per heavy atom. The third-order valence-electron chi connectivity index (χ3n) is 6.15. The second-order valence-electron chi connectivity index (χ2n) is 8.28. The van der Waals surface area contributed by atoms with Gasteiger partial charge in [-0.3, -0.25) is 19.2 Å². The van der Waals surface area contributed by atoms with Gasteiger partial charge in [0.2, 0.25) is 0 Å². The standard InChI is InChI=1S/C22H27ClIN5O3/c1-14-13-32-10-9-27(14)6-2-7-29-19-5-8-28(22(31)21(25)30)12-16(19)20(26-29)15-3-4-17(23)18(24)11-15/h3-4,11,14H,2,5-10,12-13H2,1H3,(H2,25,30). The molecule has 1 saturated heterocycles. The van der Waals surface area contributed by atoms with Crippen LogP contribution < -0.4 is 5.73 Å². The maximum atomic E-state index is 12.2. The number of nitrogens with two attached hydrogens (primary N) is 1. The lowest BCUT2D eigenvalue weighted by Crippen LogP contribution is -2.44. The summed E-state index contributed by atoms with van der Waals surface area (Å²) in [4.78, 5) is 27.6. The number of carbonyl (C=O) groups is 2. The SMILES string of the molecule is CC1COCCN1CCCn1nc(-c2ccc(Cl)c(I)c2)c2c1CCN(C(=O)C(N)=O)C2. The van der Waals surface area contributed by atoms with E-state index in [1.165, 1.54) is 4.90 Å². The molecule has 172 valence electrons. The molecule has 0 spiro atoms. The highest BCUT2D eigenvalue weighted by Crippen LogP contribution is 2.32. The van der Waals surface area contributed by atoms with Gasteiger partial charge in [-0.1, -0.05) is 17.7 Å². The zero-order valence-corrected chi connectivity index (χ0v) is 20.9. The fraction of sp³-hybridized carbons (Fsp3) is 0.500. The molecule has 1 atom stereocenters. The van der Waals surface area contributed by atoms with Crippen molar-refractivity contribution in [2.45, 2.75) is 38.9 Å². The molecule has 1 aromatic heterocycles. The number of benzene rings is 1. The molecule has 3 heterocycles. The van der Waals surface area contributed by atoms with E-state index in [1.807, 2.05) is 18.2 Å². The molecule has 1 unspecified atom stereocenters. The summed E-state index contributed by atoms with van der Waals surface area (Å²) in [5.41, 5.74) is 9.12. The van der Waals surface area contributed by atoms with E-state index in [0.29, 0.717) is 30.6 Å². The number of primary amides is 1. The predicted octanol–water partition coefficient (Wildman–Crippen LogP) is 2.29. The molecule has 32 heavy (non-hydrogen) atoms. The highest BCUT2D eigenvalue weighted by molar-refractivity contribution is 14.1. The van der Waals surface area contributed by atoms with E-state index < -0.39 is 11.8 Å². The number of ether oxygens (including phenoxy) is 1. The molecular formula is C22H27ClIN5O3. The van der Waals surface area contributed by atoms with E-state index in [1.54, 1.807) is 0 Å². The van der Waals surface area contributed by atoms with E-state index in [9.17, 15) is 9.59 Å². The van der Waals surface area contributed by atoms with Crippen LogP contribution in [-0.4, -0.2) is 70.3 Å². The number of fused-ring (bicyclic) bond motifs is 1. The smallest absolute Gasteiger partial charge is 0.311 e. The van der Waals surface area contributed by atoms with Crippen molar-refractivity contribution in [2.24, 2.45) is 5.73 Å². The molecule has 1 fully saturated rings. The highest BCUT2D eigenvalue weighted by Gasteiger charge is 2.30. The van der Waals surface area contributed by atoms with Crippen LogP contribution in [0.4, 0.5) is 0 Å². The lowest BCUT2D eigenvalue weighted by atomic mass is 10.0. The zero-order chi connectivity index (χ0) is 22.8. The minimum absolute atomic E-state index is 0.326. The number of amides is 2. The number of halogens is 2. The number of hydrogen-bond acceptors (Lipinski definition) is 5. The van der Waals surface area contributed by atoms with Crippen LogP contribution in [0.3, 0.4) is 0 Å². The van der Waals surface area contributed by atoms with Crippen molar-refractivity contribution in [1.29, 1.82) is 0 Å². The lowest BCUT2D eigenvalue weighted by Gasteiger charge is -2.33. The monoisotopic (exact) mass is 571 g/mol. The average molecular weight is 572 g/mol. The Hall–Kier alpha value is -1.69. The summed E-state index contributed by atoms with van der Waals surface area (Å²) in [6.07, 6.45) is 1.61. The molecule has 2 aliphatic rings. The summed E-state index contributed by atoms with van der Waals surface area (Å²) in [5.74, 6) is -1.58. The van der Waals surface area contributed by atoms with E-state index >= 15 is 0 Å². The molecule has 4 rings (SSSR count). The number of nitrogens with zero attached hydrogens (tertiary/aromatic N) is 4. The van der Waals surface area contributed by atoms with Gasteiger partial charge in [0.25, 0.3) is 0 Å².